The Balaban J connectivity index is 1.82. The number of anilines is 1. The minimum atomic E-state index is -0.599. The molecule has 1 atom stereocenters. The van der Waals surface area contributed by atoms with Crippen LogP contribution in [-0.2, 0) is 11.3 Å². The molecule has 0 aliphatic carbocycles. The molecule has 1 N–H and O–H groups in total. The molecule has 0 spiro atoms. The number of hydrogen-bond donors (Lipinski definition) is 1. The van der Waals surface area contributed by atoms with Gasteiger partial charge in [-0.1, -0.05) is 24.3 Å². The quantitative estimate of drug-likeness (QED) is 0.910. The topological polar surface area (TPSA) is 48.5 Å². The average Bonchev–Trinajstić information content (AvgIpc) is 2.63. The highest BCUT2D eigenvalue weighted by atomic mass is 16.2. The number of nitrogens with one attached hydrogen (secondary N) is 1. The van der Waals surface area contributed by atoms with E-state index < -0.39 is 5.54 Å². The number of pyridine rings is 1. The van der Waals surface area contributed by atoms with Gasteiger partial charge in [0.05, 0.1) is 5.69 Å². The first-order valence-corrected chi connectivity index (χ1v) is 8.76. The van der Waals surface area contributed by atoms with Crippen molar-refractivity contribution < 1.29 is 4.79 Å². The zero-order valence-corrected chi connectivity index (χ0v) is 15.0. The Bertz CT molecular complexity index is 689. The molecule has 1 fully saturated rings. The van der Waals surface area contributed by atoms with Gasteiger partial charge in [-0.05, 0) is 43.7 Å². The fraction of sp³-hybridized carbons (Fsp3) is 0.400. The van der Waals surface area contributed by atoms with E-state index in [2.05, 4.69) is 15.2 Å². The summed E-state index contributed by atoms with van der Waals surface area (Å²) in [7, 11) is 3.66. The van der Waals surface area contributed by atoms with E-state index >= 15 is 0 Å². The number of likely N-dealkylation sites (tertiary alicyclic amines) is 1. The number of nitrogens with zero attached hydrogens (tertiary/aromatic N) is 3. The SMILES string of the molecule is CN(C)C(=O)C1(Nc2ccccc2)CCCN(Cc2ccccn2)C1. The Morgan fingerprint density at radius 2 is 1.96 bits per heavy atom. The molecule has 1 aromatic carbocycles. The van der Waals surface area contributed by atoms with E-state index in [0.717, 1.165) is 37.3 Å². The predicted molar refractivity (Wildman–Crippen MR) is 100 cm³/mol. The molecule has 5 nitrogen and oxygen atoms in total. The van der Waals surface area contributed by atoms with Crippen LogP contribution >= 0.6 is 0 Å². The van der Waals surface area contributed by atoms with E-state index in [1.54, 1.807) is 4.90 Å². The fourth-order valence-electron chi connectivity index (χ4n) is 3.56. The maximum absolute atomic E-state index is 13.0. The molecule has 132 valence electrons. The lowest BCUT2D eigenvalue weighted by molar-refractivity contribution is -0.135. The maximum atomic E-state index is 13.0. The van der Waals surface area contributed by atoms with E-state index in [0.29, 0.717) is 6.54 Å². The van der Waals surface area contributed by atoms with Gasteiger partial charge in [0.1, 0.15) is 5.54 Å². The molecule has 5 heteroatoms. The average molecular weight is 338 g/mol. The molecule has 1 saturated heterocycles. The van der Waals surface area contributed by atoms with Crippen LogP contribution in [0.5, 0.6) is 0 Å². The number of para-hydroxylation sites is 1. The van der Waals surface area contributed by atoms with Crippen LogP contribution in [0.1, 0.15) is 18.5 Å². The number of amides is 1. The normalized spacial score (nSPS) is 20.9. The van der Waals surface area contributed by atoms with Gasteiger partial charge in [0.2, 0.25) is 5.91 Å². The summed E-state index contributed by atoms with van der Waals surface area (Å²) in [5.74, 6) is 0.127. The number of benzene rings is 1. The summed E-state index contributed by atoms with van der Waals surface area (Å²) in [4.78, 5) is 21.5. The molecule has 0 radical (unpaired) electrons. The molecule has 1 aromatic heterocycles. The lowest BCUT2D eigenvalue weighted by Gasteiger charge is -2.43. The highest BCUT2D eigenvalue weighted by molar-refractivity contribution is 5.89. The second kappa shape index (κ2) is 7.66. The molecule has 0 bridgehead atoms. The summed E-state index contributed by atoms with van der Waals surface area (Å²) in [5, 5.41) is 3.54. The van der Waals surface area contributed by atoms with Crippen molar-refractivity contribution in [3.63, 3.8) is 0 Å². The molecule has 2 heterocycles. The summed E-state index contributed by atoms with van der Waals surface area (Å²) in [6.45, 7) is 2.42. The molecule has 2 aromatic rings. The highest BCUT2D eigenvalue weighted by Gasteiger charge is 2.43. The number of likely N-dealkylation sites (N-methyl/N-ethyl adjacent to an activating group) is 1. The summed E-state index contributed by atoms with van der Waals surface area (Å²) in [6.07, 6.45) is 3.63. The number of piperidine rings is 1. The number of carbonyl (C=O) groups is 1. The standard InChI is InChI=1S/C20H26N4O/c1-23(2)19(25)20(22-17-9-4-3-5-10-17)12-8-14-24(16-20)15-18-11-6-7-13-21-18/h3-7,9-11,13,22H,8,12,14-16H2,1-2H3. The third-order valence-corrected chi connectivity index (χ3v) is 4.66. The lowest BCUT2D eigenvalue weighted by Crippen LogP contribution is -2.61. The number of aromatic nitrogens is 1. The summed E-state index contributed by atoms with van der Waals surface area (Å²) in [6, 6.07) is 16.0. The Morgan fingerprint density at radius 1 is 1.20 bits per heavy atom. The van der Waals surface area contributed by atoms with Crippen molar-refractivity contribution in [3.8, 4) is 0 Å². The second-order valence-corrected chi connectivity index (χ2v) is 6.91. The van der Waals surface area contributed by atoms with E-state index in [4.69, 9.17) is 0 Å². The first-order valence-electron chi connectivity index (χ1n) is 8.76. The van der Waals surface area contributed by atoms with Crippen LogP contribution in [0.4, 0.5) is 5.69 Å². The van der Waals surface area contributed by atoms with Crippen molar-refractivity contribution >= 4 is 11.6 Å². The highest BCUT2D eigenvalue weighted by Crippen LogP contribution is 2.28. The van der Waals surface area contributed by atoms with Gasteiger partial charge in [-0.3, -0.25) is 14.7 Å². The van der Waals surface area contributed by atoms with Crippen LogP contribution in [0.2, 0.25) is 0 Å². The zero-order valence-electron chi connectivity index (χ0n) is 15.0. The molecule has 25 heavy (non-hydrogen) atoms. The number of hydrogen-bond acceptors (Lipinski definition) is 4. The van der Waals surface area contributed by atoms with E-state index in [1.165, 1.54) is 0 Å². The molecule has 3 rings (SSSR count). The summed E-state index contributed by atoms with van der Waals surface area (Å²) < 4.78 is 0. The van der Waals surface area contributed by atoms with Crippen molar-refractivity contribution in [1.29, 1.82) is 0 Å². The smallest absolute Gasteiger partial charge is 0.249 e. The Labute approximate surface area is 149 Å². The molecule has 1 unspecified atom stereocenters. The first kappa shape index (κ1) is 17.4. The van der Waals surface area contributed by atoms with E-state index in [-0.39, 0.29) is 5.91 Å². The van der Waals surface area contributed by atoms with Crippen molar-refractivity contribution in [2.24, 2.45) is 0 Å². The third-order valence-electron chi connectivity index (χ3n) is 4.66. The van der Waals surface area contributed by atoms with Crippen LogP contribution < -0.4 is 5.32 Å². The second-order valence-electron chi connectivity index (χ2n) is 6.91. The molecule has 1 amide bonds. The Kier molecular flexibility index (Phi) is 5.34. The minimum absolute atomic E-state index is 0.127. The first-order chi connectivity index (χ1) is 12.1. The van der Waals surface area contributed by atoms with Crippen LogP contribution in [0.15, 0.2) is 54.7 Å². The van der Waals surface area contributed by atoms with Crippen LogP contribution in [-0.4, -0.2) is 53.4 Å². The van der Waals surface area contributed by atoms with Crippen molar-refractivity contribution in [1.82, 2.24) is 14.8 Å². The van der Waals surface area contributed by atoms with Gasteiger partial charge in [-0.25, -0.2) is 0 Å². The number of rotatable bonds is 5. The Hall–Kier alpha value is -2.40. The maximum Gasteiger partial charge on any atom is 0.249 e. The molecular weight excluding hydrogens is 312 g/mol. The van der Waals surface area contributed by atoms with E-state index in [9.17, 15) is 4.79 Å². The lowest BCUT2D eigenvalue weighted by atomic mass is 9.87. The minimum Gasteiger partial charge on any atom is -0.370 e. The molecule has 0 saturated carbocycles. The predicted octanol–water partition coefficient (Wildman–Crippen LogP) is 2.62. The third kappa shape index (κ3) is 4.17. The van der Waals surface area contributed by atoms with Crippen LogP contribution in [0, 0.1) is 0 Å². The van der Waals surface area contributed by atoms with Gasteiger partial charge >= 0.3 is 0 Å². The largest absolute Gasteiger partial charge is 0.370 e. The summed E-state index contributed by atoms with van der Waals surface area (Å²) in [5.41, 5.74) is 1.42. The monoisotopic (exact) mass is 338 g/mol. The van der Waals surface area contributed by atoms with Crippen LogP contribution in [0.25, 0.3) is 0 Å². The fourth-order valence-corrected chi connectivity index (χ4v) is 3.56. The summed E-state index contributed by atoms with van der Waals surface area (Å²) >= 11 is 0. The zero-order chi connectivity index (χ0) is 17.7. The van der Waals surface area contributed by atoms with Crippen LogP contribution in [0.3, 0.4) is 0 Å². The van der Waals surface area contributed by atoms with Crippen molar-refractivity contribution in [3.05, 3.63) is 60.4 Å². The van der Waals surface area contributed by atoms with Gasteiger partial charge in [-0.2, -0.15) is 0 Å². The number of carbonyl (C=O) groups excluding carboxylic acids is 1. The van der Waals surface area contributed by atoms with E-state index in [1.807, 2.05) is 68.8 Å². The van der Waals surface area contributed by atoms with Gasteiger partial charge < -0.3 is 10.2 Å². The van der Waals surface area contributed by atoms with Crippen molar-refractivity contribution in [2.75, 3.05) is 32.5 Å². The Morgan fingerprint density at radius 3 is 2.64 bits per heavy atom. The van der Waals surface area contributed by atoms with Gasteiger partial charge in [0, 0.05) is 39.1 Å². The molecule has 1 aliphatic heterocycles. The molecular formula is C20H26N4O. The van der Waals surface area contributed by atoms with Crippen molar-refractivity contribution in [2.45, 2.75) is 24.9 Å². The van der Waals surface area contributed by atoms with Gasteiger partial charge in [0.15, 0.2) is 0 Å². The van der Waals surface area contributed by atoms with Gasteiger partial charge in [0.25, 0.3) is 0 Å². The molecule has 1 aliphatic rings. The van der Waals surface area contributed by atoms with Gasteiger partial charge in [-0.15, -0.1) is 0 Å².